The fraction of sp³-hybridized carbons (Fsp3) is 0.389. The quantitative estimate of drug-likeness (QED) is 0.936. The lowest BCUT2D eigenvalue weighted by molar-refractivity contribution is 0.0710. The summed E-state index contributed by atoms with van der Waals surface area (Å²) in [5.41, 5.74) is 1.12. The van der Waals surface area contributed by atoms with Crippen LogP contribution in [0.4, 0.5) is 0 Å². The van der Waals surface area contributed by atoms with Gasteiger partial charge in [0, 0.05) is 30.6 Å². The molecule has 5 heteroatoms. The molecule has 0 saturated carbocycles. The Labute approximate surface area is 141 Å². The minimum atomic E-state index is 0.0778. The summed E-state index contributed by atoms with van der Waals surface area (Å²) < 4.78 is 5.73. The molecule has 1 saturated heterocycles. The number of piperazine rings is 1. The molecule has 1 aromatic heterocycles. The first-order valence-electron chi connectivity index (χ1n) is 8.03. The van der Waals surface area contributed by atoms with Crippen LogP contribution in [0.25, 0.3) is 10.4 Å². The summed E-state index contributed by atoms with van der Waals surface area (Å²) >= 11 is 1.52. The van der Waals surface area contributed by atoms with Gasteiger partial charge in [0.15, 0.2) is 0 Å². The van der Waals surface area contributed by atoms with Crippen molar-refractivity contribution in [2.24, 2.45) is 0 Å². The number of ether oxygens (including phenoxy) is 1. The van der Waals surface area contributed by atoms with Crippen LogP contribution in [0.3, 0.4) is 0 Å². The predicted octanol–water partition coefficient (Wildman–Crippen LogP) is 3.25. The highest BCUT2D eigenvalue weighted by molar-refractivity contribution is 7.17. The molecule has 1 aliphatic rings. The predicted molar refractivity (Wildman–Crippen MR) is 94.3 cm³/mol. The second kappa shape index (κ2) is 7.15. The van der Waals surface area contributed by atoms with Crippen LogP contribution in [0.15, 0.2) is 36.4 Å². The van der Waals surface area contributed by atoms with Crippen molar-refractivity contribution in [3.63, 3.8) is 0 Å². The van der Waals surface area contributed by atoms with E-state index in [1.807, 2.05) is 36.1 Å². The Morgan fingerprint density at radius 3 is 2.87 bits per heavy atom. The fourth-order valence-electron chi connectivity index (χ4n) is 2.79. The molecule has 0 spiro atoms. The Balaban J connectivity index is 1.90. The van der Waals surface area contributed by atoms with E-state index in [2.05, 4.69) is 24.4 Å². The van der Waals surface area contributed by atoms with Gasteiger partial charge in [0.2, 0.25) is 0 Å². The molecular weight excluding hydrogens is 308 g/mol. The van der Waals surface area contributed by atoms with Gasteiger partial charge >= 0.3 is 0 Å². The van der Waals surface area contributed by atoms with E-state index in [-0.39, 0.29) is 5.91 Å². The van der Waals surface area contributed by atoms with E-state index in [0.717, 1.165) is 30.1 Å². The highest BCUT2D eigenvalue weighted by atomic mass is 32.1. The Morgan fingerprint density at radius 2 is 2.17 bits per heavy atom. The summed E-state index contributed by atoms with van der Waals surface area (Å²) in [7, 11) is 0. The van der Waals surface area contributed by atoms with Crippen LogP contribution in [-0.4, -0.2) is 43.1 Å². The Kier molecular flexibility index (Phi) is 4.98. The van der Waals surface area contributed by atoms with E-state index in [0.29, 0.717) is 23.3 Å². The van der Waals surface area contributed by atoms with Crippen LogP contribution in [-0.2, 0) is 0 Å². The van der Waals surface area contributed by atoms with E-state index in [1.165, 1.54) is 11.3 Å². The molecule has 1 aromatic carbocycles. The number of nitrogens with zero attached hydrogens (tertiary/aromatic N) is 1. The van der Waals surface area contributed by atoms with E-state index >= 15 is 0 Å². The monoisotopic (exact) mass is 330 g/mol. The van der Waals surface area contributed by atoms with Gasteiger partial charge in [0.1, 0.15) is 10.6 Å². The Hall–Kier alpha value is -1.85. The Bertz CT molecular complexity index is 669. The number of hydrogen-bond acceptors (Lipinski definition) is 4. The minimum absolute atomic E-state index is 0.0778. The molecule has 1 fully saturated rings. The summed E-state index contributed by atoms with van der Waals surface area (Å²) in [4.78, 5) is 16.6. The van der Waals surface area contributed by atoms with E-state index < -0.39 is 0 Å². The Morgan fingerprint density at radius 1 is 1.39 bits per heavy atom. The third kappa shape index (κ3) is 3.57. The molecule has 0 aliphatic carbocycles. The lowest BCUT2D eigenvalue weighted by Gasteiger charge is -2.31. The summed E-state index contributed by atoms with van der Waals surface area (Å²) in [6.45, 7) is 6.93. The SMILES string of the molecule is CCOc1cc(-c2ccccc2)sc1C(=O)N1CCNC(C)C1. The summed E-state index contributed by atoms with van der Waals surface area (Å²) in [5, 5.41) is 3.37. The highest BCUT2D eigenvalue weighted by Crippen LogP contribution is 2.37. The van der Waals surface area contributed by atoms with Crippen LogP contribution >= 0.6 is 11.3 Å². The highest BCUT2D eigenvalue weighted by Gasteiger charge is 2.26. The summed E-state index contributed by atoms with van der Waals surface area (Å²) in [6, 6.07) is 12.4. The molecule has 3 rings (SSSR count). The number of benzene rings is 1. The maximum Gasteiger partial charge on any atom is 0.267 e. The number of nitrogens with one attached hydrogen (secondary N) is 1. The molecule has 1 unspecified atom stereocenters. The van der Waals surface area contributed by atoms with Gasteiger partial charge in [0.05, 0.1) is 6.61 Å². The molecule has 1 amide bonds. The van der Waals surface area contributed by atoms with Gasteiger partial charge in [0.25, 0.3) is 5.91 Å². The van der Waals surface area contributed by atoms with Gasteiger partial charge in [-0.2, -0.15) is 0 Å². The van der Waals surface area contributed by atoms with E-state index in [1.54, 1.807) is 0 Å². The molecule has 2 aromatic rings. The molecule has 1 atom stereocenters. The first kappa shape index (κ1) is 16.0. The summed E-state index contributed by atoms with van der Waals surface area (Å²) in [5.74, 6) is 0.779. The average Bonchev–Trinajstić information content (AvgIpc) is 2.99. The standard InChI is InChI=1S/C18H22N2O2S/c1-3-22-15-11-16(14-7-5-4-6-8-14)23-17(15)18(21)20-10-9-19-13(2)12-20/h4-8,11,13,19H,3,9-10,12H2,1-2H3. The third-order valence-electron chi connectivity index (χ3n) is 3.91. The zero-order chi connectivity index (χ0) is 16.2. The molecule has 2 heterocycles. The molecule has 122 valence electrons. The van der Waals surface area contributed by atoms with E-state index in [9.17, 15) is 4.79 Å². The normalized spacial score (nSPS) is 18.0. The average molecular weight is 330 g/mol. The first-order chi connectivity index (χ1) is 11.2. The van der Waals surface area contributed by atoms with Crippen molar-refractivity contribution in [3.8, 4) is 16.2 Å². The number of carbonyl (C=O) groups excluding carboxylic acids is 1. The maximum atomic E-state index is 12.9. The number of amides is 1. The molecule has 1 N–H and O–H groups in total. The van der Waals surface area contributed by atoms with Gasteiger partial charge in [-0.05, 0) is 25.5 Å². The summed E-state index contributed by atoms with van der Waals surface area (Å²) in [6.07, 6.45) is 0. The van der Waals surface area contributed by atoms with Gasteiger partial charge in [-0.25, -0.2) is 0 Å². The molecule has 0 radical (unpaired) electrons. The fourth-order valence-corrected chi connectivity index (χ4v) is 3.87. The smallest absolute Gasteiger partial charge is 0.267 e. The van der Waals surface area contributed by atoms with Crippen molar-refractivity contribution in [1.29, 1.82) is 0 Å². The topological polar surface area (TPSA) is 41.6 Å². The number of hydrogen-bond donors (Lipinski definition) is 1. The first-order valence-corrected chi connectivity index (χ1v) is 8.85. The molecule has 1 aliphatic heterocycles. The van der Waals surface area contributed by atoms with Gasteiger partial charge in [-0.3, -0.25) is 4.79 Å². The van der Waals surface area contributed by atoms with Crippen molar-refractivity contribution in [3.05, 3.63) is 41.3 Å². The van der Waals surface area contributed by atoms with Crippen molar-refractivity contribution in [2.75, 3.05) is 26.2 Å². The number of thiophene rings is 1. The molecular formula is C18H22N2O2S. The molecule has 23 heavy (non-hydrogen) atoms. The van der Waals surface area contributed by atoms with Crippen molar-refractivity contribution < 1.29 is 9.53 Å². The third-order valence-corrected chi connectivity index (χ3v) is 5.06. The van der Waals surface area contributed by atoms with Crippen molar-refractivity contribution >= 4 is 17.2 Å². The van der Waals surface area contributed by atoms with Crippen molar-refractivity contribution in [1.82, 2.24) is 10.2 Å². The van der Waals surface area contributed by atoms with Crippen LogP contribution in [0.5, 0.6) is 5.75 Å². The van der Waals surface area contributed by atoms with Crippen LogP contribution in [0, 0.1) is 0 Å². The number of carbonyl (C=O) groups is 1. The zero-order valence-electron chi connectivity index (χ0n) is 13.5. The lowest BCUT2D eigenvalue weighted by atomic mass is 10.2. The second-order valence-corrected chi connectivity index (χ2v) is 6.76. The number of rotatable bonds is 4. The van der Waals surface area contributed by atoms with Crippen molar-refractivity contribution in [2.45, 2.75) is 19.9 Å². The largest absolute Gasteiger partial charge is 0.492 e. The van der Waals surface area contributed by atoms with Crippen LogP contribution in [0.1, 0.15) is 23.5 Å². The van der Waals surface area contributed by atoms with E-state index in [4.69, 9.17) is 4.74 Å². The van der Waals surface area contributed by atoms with Gasteiger partial charge in [-0.15, -0.1) is 11.3 Å². The molecule has 4 nitrogen and oxygen atoms in total. The second-order valence-electron chi connectivity index (χ2n) is 5.71. The van der Waals surface area contributed by atoms with Gasteiger partial charge < -0.3 is 15.0 Å². The van der Waals surface area contributed by atoms with Gasteiger partial charge in [-0.1, -0.05) is 30.3 Å². The lowest BCUT2D eigenvalue weighted by Crippen LogP contribution is -2.51. The molecule has 0 bridgehead atoms. The van der Waals surface area contributed by atoms with Crippen LogP contribution in [0.2, 0.25) is 0 Å². The minimum Gasteiger partial charge on any atom is -0.492 e. The zero-order valence-corrected chi connectivity index (χ0v) is 14.4. The maximum absolute atomic E-state index is 12.9. The van der Waals surface area contributed by atoms with Crippen LogP contribution < -0.4 is 10.1 Å².